The van der Waals surface area contributed by atoms with Crippen molar-refractivity contribution in [3.8, 4) is 10.6 Å². The highest BCUT2D eigenvalue weighted by Crippen LogP contribution is 2.43. The van der Waals surface area contributed by atoms with E-state index in [-0.39, 0.29) is 11.7 Å². The highest BCUT2D eigenvalue weighted by molar-refractivity contribution is 7.17. The number of hydrazine groups is 1. The van der Waals surface area contributed by atoms with Gasteiger partial charge in [-0.15, -0.1) is 11.3 Å². The average molecular weight is 547 g/mol. The standard InChI is InChI=1S/C26H26N8O4S/c35-24-20-16(3-1-4-17(20)29-26(37)32-34-11-13-38-14-12-34)22-21(24)23(31-30-22)18-5-6-19(39-18)25(36)28-7-2-9-33-10-8-27-15-33/h1,3-6,8,10,15,20H,2,7,9,11-14H2,(H,28,36)(H,30,31)(H,32,37)/b29-17+. The first-order valence-corrected chi connectivity index (χ1v) is 13.5. The summed E-state index contributed by atoms with van der Waals surface area (Å²) in [5.41, 5.74) is 5.38. The van der Waals surface area contributed by atoms with E-state index in [4.69, 9.17) is 4.74 Å². The predicted molar refractivity (Wildman–Crippen MR) is 144 cm³/mol. The van der Waals surface area contributed by atoms with Gasteiger partial charge in [-0.05, 0) is 30.2 Å². The van der Waals surface area contributed by atoms with Crippen molar-refractivity contribution in [3.63, 3.8) is 0 Å². The SMILES string of the molecule is O=C(/N=C1\C=CC=C2c3n[nH]c(-c4ccc(C(=O)NCCCn5ccnc5)s4)c3C(=O)C21)NN1CCOCC1. The maximum Gasteiger partial charge on any atom is 0.355 e. The number of fused-ring (bicyclic) bond motifs is 3. The lowest BCUT2D eigenvalue weighted by molar-refractivity contribution is 0.0204. The van der Waals surface area contributed by atoms with Crippen LogP contribution in [0, 0.1) is 5.92 Å². The number of carbonyl (C=O) groups excluding carboxylic acids is 3. The van der Waals surface area contributed by atoms with Crippen LogP contribution < -0.4 is 10.7 Å². The van der Waals surface area contributed by atoms with Crippen molar-refractivity contribution in [3.05, 3.63) is 65.2 Å². The molecule has 1 unspecified atom stereocenters. The largest absolute Gasteiger partial charge is 0.379 e. The molecule has 0 spiro atoms. The summed E-state index contributed by atoms with van der Waals surface area (Å²) in [7, 11) is 0. The number of rotatable bonds is 7. The second-order valence-corrected chi connectivity index (χ2v) is 10.3. The van der Waals surface area contributed by atoms with Crippen LogP contribution in [0.1, 0.15) is 32.1 Å². The molecular weight excluding hydrogens is 520 g/mol. The quantitative estimate of drug-likeness (QED) is 0.386. The van der Waals surface area contributed by atoms with E-state index in [1.54, 1.807) is 35.8 Å². The van der Waals surface area contributed by atoms with E-state index >= 15 is 0 Å². The molecule has 1 aliphatic heterocycles. The first-order chi connectivity index (χ1) is 19.1. The zero-order chi connectivity index (χ0) is 26.8. The number of nitrogens with one attached hydrogen (secondary N) is 3. The molecule has 3 amide bonds. The summed E-state index contributed by atoms with van der Waals surface area (Å²) < 4.78 is 7.26. The minimum absolute atomic E-state index is 0.166. The van der Waals surface area contributed by atoms with Gasteiger partial charge >= 0.3 is 6.03 Å². The van der Waals surface area contributed by atoms with Gasteiger partial charge in [0.05, 0.1) is 52.2 Å². The van der Waals surface area contributed by atoms with Gasteiger partial charge in [0.2, 0.25) is 0 Å². The minimum Gasteiger partial charge on any atom is -0.379 e. The maximum absolute atomic E-state index is 13.6. The molecule has 0 saturated carbocycles. The Kier molecular flexibility index (Phi) is 7.00. The molecule has 1 saturated heterocycles. The maximum atomic E-state index is 13.6. The van der Waals surface area contributed by atoms with Crippen LogP contribution in [0.4, 0.5) is 4.79 Å². The lowest BCUT2D eigenvalue weighted by Crippen LogP contribution is -2.47. The monoisotopic (exact) mass is 546 g/mol. The third-order valence-electron chi connectivity index (χ3n) is 6.71. The Morgan fingerprint density at radius 3 is 2.95 bits per heavy atom. The lowest BCUT2D eigenvalue weighted by atomic mass is 9.90. The molecule has 0 radical (unpaired) electrons. The molecule has 13 heteroatoms. The smallest absolute Gasteiger partial charge is 0.355 e. The number of aromatic nitrogens is 4. The molecule has 2 aliphatic carbocycles. The molecular formula is C26H26N8O4S. The molecule has 4 heterocycles. The highest BCUT2D eigenvalue weighted by Gasteiger charge is 2.43. The number of nitrogens with zero attached hydrogens (tertiary/aromatic N) is 5. The van der Waals surface area contributed by atoms with Crippen LogP contribution in [0.2, 0.25) is 0 Å². The van der Waals surface area contributed by atoms with Crippen LogP contribution in [-0.4, -0.2) is 81.0 Å². The Morgan fingerprint density at radius 2 is 2.13 bits per heavy atom. The number of aliphatic imine (C=N–C) groups is 1. The van der Waals surface area contributed by atoms with Crippen LogP contribution in [0.25, 0.3) is 16.1 Å². The van der Waals surface area contributed by atoms with Gasteiger partial charge in [-0.3, -0.25) is 20.1 Å². The number of carbonyl (C=O) groups is 3. The fraction of sp³-hybridized carbons (Fsp3) is 0.308. The number of thiophene rings is 1. The molecule has 3 N–H and O–H groups in total. The number of ether oxygens (including phenoxy) is 1. The Bertz CT molecular complexity index is 1490. The second kappa shape index (κ2) is 10.9. The van der Waals surface area contributed by atoms with E-state index in [0.29, 0.717) is 66.0 Å². The molecule has 3 aromatic rings. The summed E-state index contributed by atoms with van der Waals surface area (Å²) in [6, 6.07) is 3.02. The van der Waals surface area contributed by atoms with Gasteiger partial charge in [-0.2, -0.15) is 10.1 Å². The van der Waals surface area contributed by atoms with Crippen molar-refractivity contribution >= 4 is 40.3 Å². The summed E-state index contributed by atoms with van der Waals surface area (Å²) in [4.78, 5) is 48.4. The number of hydrogen-bond acceptors (Lipinski definition) is 8. The van der Waals surface area contributed by atoms with Crippen molar-refractivity contribution < 1.29 is 19.1 Å². The average Bonchev–Trinajstić information content (AvgIpc) is 3.74. The fourth-order valence-electron chi connectivity index (χ4n) is 4.83. The van der Waals surface area contributed by atoms with Crippen LogP contribution in [0.5, 0.6) is 0 Å². The third kappa shape index (κ3) is 5.11. The second-order valence-electron chi connectivity index (χ2n) is 9.23. The number of H-pyrrole nitrogens is 1. The van der Waals surface area contributed by atoms with E-state index in [2.05, 4.69) is 30.9 Å². The molecule has 1 atom stereocenters. The molecule has 39 heavy (non-hydrogen) atoms. The molecule has 6 rings (SSSR count). The predicted octanol–water partition coefficient (Wildman–Crippen LogP) is 2.32. The Morgan fingerprint density at radius 1 is 1.26 bits per heavy atom. The third-order valence-corrected chi connectivity index (χ3v) is 7.81. The van der Waals surface area contributed by atoms with Crippen molar-refractivity contribution in [1.29, 1.82) is 0 Å². The number of ketones is 1. The van der Waals surface area contributed by atoms with Crippen molar-refractivity contribution in [1.82, 2.24) is 35.5 Å². The van der Waals surface area contributed by atoms with Crippen LogP contribution in [0.15, 0.2) is 54.1 Å². The number of Topliss-reactive ketones (excluding diaryl/α,β-unsaturated/α-hetero) is 1. The van der Waals surface area contributed by atoms with Gasteiger partial charge in [0.25, 0.3) is 5.91 Å². The van der Waals surface area contributed by atoms with E-state index < -0.39 is 11.9 Å². The normalized spacial score (nSPS) is 19.6. The van der Waals surface area contributed by atoms with Crippen LogP contribution >= 0.6 is 11.3 Å². The number of imidazole rings is 1. The van der Waals surface area contributed by atoms with Gasteiger partial charge < -0.3 is 14.6 Å². The topological polar surface area (TPSA) is 147 Å². The van der Waals surface area contributed by atoms with Gasteiger partial charge in [0.1, 0.15) is 5.69 Å². The Balaban J connectivity index is 1.14. The number of urea groups is 1. The van der Waals surface area contributed by atoms with E-state index in [9.17, 15) is 14.4 Å². The molecule has 12 nitrogen and oxygen atoms in total. The van der Waals surface area contributed by atoms with Gasteiger partial charge in [0, 0.05) is 38.6 Å². The lowest BCUT2D eigenvalue weighted by Gasteiger charge is -2.26. The van der Waals surface area contributed by atoms with E-state index in [0.717, 1.165) is 17.8 Å². The summed E-state index contributed by atoms with van der Waals surface area (Å²) in [5.74, 6) is -1.05. The molecule has 3 aromatic heterocycles. The zero-order valence-electron chi connectivity index (χ0n) is 20.9. The number of aromatic amines is 1. The first kappa shape index (κ1) is 25.1. The minimum atomic E-state index is -0.700. The number of amides is 3. The van der Waals surface area contributed by atoms with Gasteiger partial charge in [0.15, 0.2) is 5.78 Å². The van der Waals surface area contributed by atoms with Crippen molar-refractivity contribution in [2.45, 2.75) is 13.0 Å². The van der Waals surface area contributed by atoms with Gasteiger partial charge in [-0.1, -0.05) is 12.2 Å². The summed E-state index contributed by atoms with van der Waals surface area (Å²) in [5, 5.41) is 12.1. The van der Waals surface area contributed by atoms with E-state index in [1.807, 2.05) is 22.9 Å². The molecule has 0 aromatic carbocycles. The molecule has 3 aliphatic rings. The number of hydrogen-bond donors (Lipinski definition) is 3. The Hall–Kier alpha value is -4.20. The fourth-order valence-corrected chi connectivity index (χ4v) is 5.75. The molecule has 1 fully saturated rings. The Labute approximate surface area is 227 Å². The summed E-state index contributed by atoms with van der Waals surface area (Å²) >= 11 is 1.29. The summed E-state index contributed by atoms with van der Waals surface area (Å²) in [6.07, 6.45) is 11.4. The van der Waals surface area contributed by atoms with Gasteiger partial charge in [-0.25, -0.2) is 14.8 Å². The zero-order valence-corrected chi connectivity index (χ0v) is 21.7. The molecule has 0 bridgehead atoms. The number of allylic oxidation sites excluding steroid dienone is 4. The van der Waals surface area contributed by atoms with Crippen LogP contribution in [-0.2, 0) is 11.3 Å². The van der Waals surface area contributed by atoms with Crippen molar-refractivity contribution in [2.75, 3.05) is 32.8 Å². The highest BCUT2D eigenvalue weighted by atomic mass is 32.1. The first-order valence-electron chi connectivity index (χ1n) is 12.7. The van der Waals surface area contributed by atoms with Crippen LogP contribution in [0.3, 0.4) is 0 Å². The summed E-state index contributed by atoms with van der Waals surface area (Å²) in [6.45, 7) is 3.52. The van der Waals surface area contributed by atoms with Crippen molar-refractivity contribution in [2.24, 2.45) is 10.9 Å². The number of aryl methyl sites for hydroxylation is 1. The number of morpholine rings is 1. The molecule has 200 valence electrons. The van der Waals surface area contributed by atoms with E-state index in [1.165, 1.54) is 11.3 Å².